The Morgan fingerprint density at radius 3 is 2.43 bits per heavy atom. The first-order valence-electron chi connectivity index (χ1n) is 5.92. The molecule has 0 aliphatic carbocycles. The Balaban J connectivity index is 2.18. The normalized spacial score (nSPS) is 10.9. The van der Waals surface area contributed by atoms with Crippen LogP contribution in [0.5, 0.6) is 0 Å². The van der Waals surface area contributed by atoms with Gasteiger partial charge in [-0.25, -0.2) is 8.42 Å². The van der Waals surface area contributed by atoms with Gasteiger partial charge < -0.3 is 10.3 Å². The molecule has 1 aromatic carbocycles. The predicted octanol–water partition coefficient (Wildman–Crippen LogP) is 0.999. The van der Waals surface area contributed by atoms with E-state index in [1.165, 1.54) is 24.3 Å². The molecule has 0 saturated carbocycles. The van der Waals surface area contributed by atoms with Crippen molar-refractivity contribution in [1.29, 1.82) is 0 Å². The monoisotopic (exact) mass is 307 g/mol. The van der Waals surface area contributed by atoms with Crippen LogP contribution in [-0.4, -0.2) is 25.6 Å². The summed E-state index contributed by atoms with van der Waals surface area (Å²) in [6, 6.07) is 10.5. The molecule has 2 aromatic rings. The van der Waals surface area contributed by atoms with Crippen LogP contribution in [0, 0.1) is 0 Å². The molecule has 7 nitrogen and oxygen atoms in total. The molecule has 0 atom stereocenters. The maximum atomic E-state index is 11.9. The highest BCUT2D eigenvalue weighted by atomic mass is 32.2. The van der Waals surface area contributed by atoms with Crippen LogP contribution in [-0.2, 0) is 10.0 Å². The van der Waals surface area contributed by atoms with Crippen LogP contribution in [0.1, 0.15) is 10.5 Å². The van der Waals surface area contributed by atoms with E-state index in [1.54, 1.807) is 18.2 Å². The van der Waals surface area contributed by atoms with Crippen molar-refractivity contribution in [2.24, 2.45) is 0 Å². The predicted molar refractivity (Wildman–Crippen MR) is 79.9 cm³/mol. The first kappa shape index (κ1) is 14.8. The number of hydrogen-bond acceptors (Lipinski definition) is 4. The fourth-order valence-corrected chi connectivity index (χ4v) is 2.21. The van der Waals surface area contributed by atoms with E-state index in [2.05, 4.69) is 15.0 Å². The van der Waals surface area contributed by atoms with Crippen LogP contribution in [0.3, 0.4) is 0 Å². The van der Waals surface area contributed by atoms with Gasteiger partial charge in [-0.05, 0) is 24.3 Å². The lowest BCUT2D eigenvalue weighted by Gasteiger charge is -2.08. The van der Waals surface area contributed by atoms with Crippen LogP contribution in [0.2, 0.25) is 0 Å². The van der Waals surface area contributed by atoms with Gasteiger partial charge in [0.15, 0.2) is 0 Å². The number of amides is 1. The van der Waals surface area contributed by atoms with E-state index in [1.807, 2.05) is 0 Å². The fraction of sp³-hybridized carbons (Fsp3) is 0.0769. The van der Waals surface area contributed by atoms with Crippen molar-refractivity contribution in [2.75, 3.05) is 16.3 Å². The summed E-state index contributed by atoms with van der Waals surface area (Å²) in [6.07, 6.45) is 1.03. The van der Waals surface area contributed by atoms with Gasteiger partial charge in [-0.2, -0.15) is 0 Å². The molecular formula is C13H13N3O4S. The molecule has 0 bridgehead atoms. The topological polar surface area (TPSA) is 108 Å². The summed E-state index contributed by atoms with van der Waals surface area (Å²) >= 11 is 0. The van der Waals surface area contributed by atoms with E-state index in [-0.39, 0.29) is 11.3 Å². The van der Waals surface area contributed by atoms with E-state index in [0.717, 1.165) is 6.26 Å². The van der Waals surface area contributed by atoms with Gasteiger partial charge in [-0.15, -0.1) is 0 Å². The van der Waals surface area contributed by atoms with Crippen LogP contribution >= 0.6 is 0 Å². The van der Waals surface area contributed by atoms with Gasteiger partial charge in [-0.1, -0.05) is 12.1 Å². The van der Waals surface area contributed by atoms with Crippen molar-refractivity contribution in [1.82, 2.24) is 4.98 Å². The van der Waals surface area contributed by atoms with Crippen molar-refractivity contribution in [3.05, 3.63) is 58.5 Å². The van der Waals surface area contributed by atoms with Gasteiger partial charge in [-0.3, -0.25) is 14.3 Å². The fourth-order valence-electron chi connectivity index (χ4n) is 1.65. The van der Waals surface area contributed by atoms with Gasteiger partial charge in [0.2, 0.25) is 15.6 Å². The highest BCUT2D eigenvalue weighted by molar-refractivity contribution is 7.92. The number of rotatable bonds is 4. The number of benzene rings is 1. The zero-order chi connectivity index (χ0) is 15.5. The number of carbonyl (C=O) groups excluding carboxylic acids is 1. The summed E-state index contributed by atoms with van der Waals surface area (Å²) in [5, 5.41) is 2.57. The molecule has 0 aliphatic rings. The second kappa shape index (κ2) is 5.80. The first-order chi connectivity index (χ1) is 9.83. The van der Waals surface area contributed by atoms with Crippen molar-refractivity contribution >= 4 is 27.3 Å². The third-order valence-electron chi connectivity index (χ3n) is 2.44. The molecule has 1 amide bonds. The molecule has 0 radical (unpaired) electrons. The van der Waals surface area contributed by atoms with Gasteiger partial charge in [0.1, 0.15) is 5.69 Å². The molecule has 0 aliphatic heterocycles. The van der Waals surface area contributed by atoms with Gasteiger partial charge >= 0.3 is 0 Å². The minimum Gasteiger partial charge on any atom is -0.321 e. The van der Waals surface area contributed by atoms with Crippen molar-refractivity contribution < 1.29 is 13.2 Å². The number of carbonyl (C=O) groups is 1. The lowest BCUT2D eigenvalue weighted by Crippen LogP contribution is -2.18. The second-order valence-corrected chi connectivity index (χ2v) is 6.09. The van der Waals surface area contributed by atoms with Crippen molar-refractivity contribution in [2.45, 2.75) is 0 Å². The molecule has 3 N–H and O–H groups in total. The lowest BCUT2D eigenvalue weighted by molar-refractivity contribution is 0.102. The zero-order valence-corrected chi connectivity index (χ0v) is 11.9. The van der Waals surface area contributed by atoms with E-state index in [9.17, 15) is 18.0 Å². The molecule has 2 rings (SSSR count). The Morgan fingerprint density at radius 2 is 1.76 bits per heavy atom. The summed E-state index contributed by atoms with van der Waals surface area (Å²) in [6.45, 7) is 0. The molecule has 0 spiro atoms. The largest absolute Gasteiger partial charge is 0.321 e. The Bertz CT molecular complexity index is 827. The maximum Gasteiger partial charge on any atom is 0.272 e. The Morgan fingerprint density at radius 1 is 1.10 bits per heavy atom. The molecule has 110 valence electrons. The van der Waals surface area contributed by atoms with E-state index in [4.69, 9.17) is 0 Å². The third-order valence-corrected chi connectivity index (χ3v) is 3.04. The first-order valence-corrected chi connectivity index (χ1v) is 7.81. The molecule has 0 unspecified atom stereocenters. The van der Waals surface area contributed by atoms with Gasteiger partial charge in [0.25, 0.3) is 5.91 Å². The molecule has 21 heavy (non-hydrogen) atoms. The van der Waals surface area contributed by atoms with Gasteiger partial charge in [0, 0.05) is 11.8 Å². The van der Waals surface area contributed by atoms with Crippen LogP contribution < -0.4 is 15.6 Å². The maximum absolute atomic E-state index is 11.9. The third kappa shape index (κ3) is 4.46. The second-order valence-electron chi connectivity index (χ2n) is 4.34. The van der Waals surface area contributed by atoms with Crippen molar-refractivity contribution in [3.63, 3.8) is 0 Å². The molecule has 0 fully saturated rings. The number of pyridine rings is 1. The Labute approximate surface area is 121 Å². The average Bonchev–Trinajstić information content (AvgIpc) is 2.37. The number of hydrogen-bond donors (Lipinski definition) is 3. The Kier molecular flexibility index (Phi) is 4.08. The number of aromatic amines is 1. The number of nitrogens with one attached hydrogen (secondary N) is 3. The minimum atomic E-state index is -3.39. The van der Waals surface area contributed by atoms with E-state index < -0.39 is 15.9 Å². The minimum absolute atomic E-state index is 0.115. The number of anilines is 2. The van der Waals surface area contributed by atoms with Gasteiger partial charge in [0.05, 0.1) is 11.9 Å². The summed E-state index contributed by atoms with van der Waals surface area (Å²) in [4.78, 5) is 25.5. The molecular weight excluding hydrogens is 294 g/mol. The highest BCUT2D eigenvalue weighted by Gasteiger charge is 2.08. The van der Waals surface area contributed by atoms with E-state index in [0.29, 0.717) is 11.4 Å². The summed E-state index contributed by atoms with van der Waals surface area (Å²) in [5.41, 5.74) is 0.467. The number of sulfonamides is 1. The molecule has 0 saturated heterocycles. The van der Waals surface area contributed by atoms with Crippen LogP contribution in [0.15, 0.2) is 47.3 Å². The van der Waals surface area contributed by atoms with Crippen LogP contribution in [0.4, 0.5) is 11.4 Å². The number of aromatic nitrogens is 1. The Hall–Kier alpha value is -2.61. The number of H-pyrrole nitrogens is 1. The molecule has 1 aromatic heterocycles. The quantitative estimate of drug-likeness (QED) is 0.783. The highest BCUT2D eigenvalue weighted by Crippen LogP contribution is 2.16. The summed E-state index contributed by atoms with van der Waals surface area (Å²) in [7, 11) is -3.39. The van der Waals surface area contributed by atoms with Crippen LogP contribution in [0.25, 0.3) is 0 Å². The zero-order valence-electron chi connectivity index (χ0n) is 11.1. The standard InChI is InChI=1S/C13H13N3O4S/c1-21(19,20)16-10-5-2-4-9(8-10)14-13(18)11-6-3-7-12(17)15-11/h2-8,16H,1H3,(H,14,18)(H,15,17). The SMILES string of the molecule is CS(=O)(=O)Nc1cccc(NC(=O)c2cccc(=O)[nH]2)c1. The average molecular weight is 307 g/mol. The molecule has 1 heterocycles. The van der Waals surface area contributed by atoms with E-state index >= 15 is 0 Å². The lowest BCUT2D eigenvalue weighted by atomic mass is 10.2. The smallest absolute Gasteiger partial charge is 0.272 e. The summed E-state index contributed by atoms with van der Waals surface area (Å²) in [5.74, 6) is -0.496. The summed E-state index contributed by atoms with van der Waals surface area (Å²) < 4.78 is 24.6. The molecule has 8 heteroatoms. The van der Waals surface area contributed by atoms with Crippen molar-refractivity contribution in [3.8, 4) is 0 Å².